The fraction of sp³-hybridized carbons (Fsp3) is 0.897. The maximum Gasteiger partial charge on any atom is 0.155 e. The molecular formula is C29H48O2. The summed E-state index contributed by atoms with van der Waals surface area (Å²) < 4.78 is 0. The number of hydrogen-bond donors (Lipinski definition) is 1. The fourth-order valence-electron chi connectivity index (χ4n) is 9.44. The van der Waals surface area contributed by atoms with E-state index >= 15 is 0 Å². The van der Waals surface area contributed by atoms with E-state index in [-0.39, 0.29) is 11.5 Å². The van der Waals surface area contributed by atoms with Gasteiger partial charge in [0.2, 0.25) is 0 Å². The molecule has 3 saturated carbocycles. The van der Waals surface area contributed by atoms with Crippen LogP contribution in [0.3, 0.4) is 0 Å². The normalized spacial score (nSPS) is 43.0. The van der Waals surface area contributed by atoms with Crippen molar-refractivity contribution < 1.29 is 9.90 Å². The van der Waals surface area contributed by atoms with Crippen molar-refractivity contribution in [2.24, 2.45) is 52.3 Å². The molecule has 0 aliphatic heterocycles. The first-order valence-corrected chi connectivity index (χ1v) is 13.5. The van der Waals surface area contributed by atoms with Crippen molar-refractivity contribution in [1.82, 2.24) is 0 Å². The highest BCUT2D eigenvalue weighted by Gasteiger charge is 2.59. The van der Waals surface area contributed by atoms with Crippen LogP contribution in [-0.2, 0) is 4.79 Å². The third-order valence-electron chi connectivity index (χ3n) is 11.2. The van der Waals surface area contributed by atoms with Gasteiger partial charge in [0, 0.05) is 6.42 Å². The molecule has 2 heteroatoms. The van der Waals surface area contributed by atoms with E-state index in [4.69, 9.17) is 0 Å². The molecule has 0 aromatic heterocycles. The SMILES string of the molecule is CC[C@@H](C(C)C)[C@H](O)C[C@@H](C)[C@H]1CCC2C3CCC4=CC(=O)CC[C@]4(C)C3CC[C@@]21C. The number of carbonyl (C=O) groups excluding carboxylic acids is 1. The van der Waals surface area contributed by atoms with E-state index in [1.54, 1.807) is 0 Å². The molecule has 4 rings (SSSR count). The molecule has 2 nitrogen and oxygen atoms in total. The first-order chi connectivity index (χ1) is 14.6. The van der Waals surface area contributed by atoms with Gasteiger partial charge in [0.05, 0.1) is 6.10 Å². The van der Waals surface area contributed by atoms with Crippen LogP contribution in [-0.4, -0.2) is 17.0 Å². The van der Waals surface area contributed by atoms with Gasteiger partial charge in [-0.25, -0.2) is 0 Å². The molecule has 4 aliphatic carbocycles. The summed E-state index contributed by atoms with van der Waals surface area (Å²) >= 11 is 0. The van der Waals surface area contributed by atoms with E-state index in [2.05, 4.69) is 41.5 Å². The molecule has 9 atom stereocenters. The van der Waals surface area contributed by atoms with Gasteiger partial charge in [0.15, 0.2) is 5.78 Å². The molecule has 1 N–H and O–H groups in total. The second-order valence-electron chi connectivity index (χ2n) is 12.8. The molecule has 0 amide bonds. The van der Waals surface area contributed by atoms with Crippen LogP contribution in [0.5, 0.6) is 0 Å². The fourth-order valence-corrected chi connectivity index (χ4v) is 9.44. The molecule has 0 spiro atoms. The van der Waals surface area contributed by atoms with Crippen molar-refractivity contribution in [2.75, 3.05) is 0 Å². The molecule has 0 radical (unpaired) electrons. The van der Waals surface area contributed by atoms with Crippen molar-refractivity contribution in [1.29, 1.82) is 0 Å². The van der Waals surface area contributed by atoms with Crippen LogP contribution in [0, 0.1) is 52.3 Å². The summed E-state index contributed by atoms with van der Waals surface area (Å²) in [6, 6.07) is 0. The van der Waals surface area contributed by atoms with Crippen LogP contribution < -0.4 is 0 Å². The highest BCUT2D eigenvalue weighted by atomic mass is 16.3. The number of fused-ring (bicyclic) bond motifs is 5. The standard InChI is InChI=1S/C29H48O2/c1-7-22(18(2)3)27(31)16-19(4)24-10-11-25-23-9-8-20-17-21(30)12-14-28(20,5)26(23)13-15-29(24,25)6/h17-19,22-27,31H,7-16H2,1-6H3/t19-,22+,23?,24-,25?,26?,27-,28+,29-/m1/s1. The van der Waals surface area contributed by atoms with E-state index in [1.165, 1.54) is 37.7 Å². The minimum absolute atomic E-state index is 0.153. The number of ketones is 1. The van der Waals surface area contributed by atoms with E-state index in [1.807, 2.05) is 6.08 Å². The molecule has 0 aromatic rings. The summed E-state index contributed by atoms with van der Waals surface area (Å²) in [6.07, 6.45) is 13.7. The Balaban J connectivity index is 1.49. The lowest BCUT2D eigenvalue weighted by atomic mass is 9.46. The smallest absolute Gasteiger partial charge is 0.155 e. The van der Waals surface area contributed by atoms with Crippen LogP contribution in [0.2, 0.25) is 0 Å². The Bertz CT molecular complexity index is 708. The highest BCUT2D eigenvalue weighted by molar-refractivity contribution is 5.91. The number of hydrogen-bond acceptors (Lipinski definition) is 2. The monoisotopic (exact) mass is 428 g/mol. The lowest BCUT2D eigenvalue weighted by Crippen LogP contribution is -2.51. The third kappa shape index (κ3) is 3.87. The number of allylic oxidation sites excluding steroid dienone is 1. The lowest BCUT2D eigenvalue weighted by molar-refractivity contribution is -0.117. The summed E-state index contributed by atoms with van der Waals surface area (Å²) in [5.74, 6) is 5.19. The largest absolute Gasteiger partial charge is 0.393 e. The van der Waals surface area contributed by atoms with Gasteiger partial charge < -0.3 is 5.11 Å². The van der Waals surface area contributed by atoms with Crippen LogP contribution in [0.1, 0.15) is 106 Å². The van der Waals surface area contributed by atoms with E-state index in [0.717, 1.165) is 55.8 Å². The van der Waals surface area contributed by atoms with Crippen molar-refractivity contribution in [3.63, 3.8) is 0 Å². The average Bonchev–Trinajstić information content (AvgIpc) is 3.06. The third-order valence-corrected chi connectivity index (χ3v) is 11.2. The topological polar surface area (TPSA) is 37.3 Å². The Morgan fingerprint density at radius 1 is 1.03 bits per heavy atom. The first kappa shape index (κ1) is 23.5. The zero-order valence-electron chi connectivity index (χ0n) is 21.1. The molecular weight excluding hydrogens is 380 g/mol. The van der Waals surface area contributed by atoms with Crippen molar-refractivity contribution in [3.05, 3.63) is 11.6 Å². The second-order valence-corrected chi connectivity index (χ2v) is 12.8. The van der Waals surface area contributed by atoms with Crippen LogP contribution in [0.4, 0.5) is 0 Å². The average molecular weight is 429 g/mol. The predicted molar refractivity (Wildman–Crippen MR) is 129 cm³/mol. The summed E-state index contributed by atoms with van der Waals surface area (Å²) in [4.78, 5) is 12.1. The Labute approximate surface area is 191 Å². The van der Waals surface area contributed by atoms with Gasteiger partial charge in [0.1, 0.15) is 0 Å². The number of rotatable bonds is 6. The van der Waals surface area contributed by atoms with Crippen molar-refractivity contribution in [2.45, 2.75) is 112 Å². The maximum atomic E-state index is 12.1. The quantitative estimate of drug-likeness (QED) is 0.485. The Hall–Kier alpha value is -0.630. The molecule has 0 bridgehead atoms. The summed E-state index contributed by atoms with van der Waals surface area (Å²) in [6.45, 7) is 14.3. The molecule has 31 heavy (non-hydrogen) atoms. The summed E-state index contributed by atoms with van der Waals surface area (Å²) in [7, 11) is 0. The second kappa shape index (κ2) is 8.62. The Kier molecular flexibility index (Phi) is 6.54. The van der Waals surface area contributed by atoms with E-state index in [9.17, 15) is 9.90 Å². The molecule has 4 aliphatic rings. The molecule has 0 heterocycles. The van der Waals surface area contributed by atoms with Gasteiger partial charge >= 0.3 is 0 Å². The van der Waals surface area contributed by atoms with E-state index in [0.29, 0.717) is 29.0 Å². The minimum Gasteiger partial charge on any atom is -0.393 e. The van der Waals surface area contributed by atoms with Gasteiger partial charge in [-0.3, -0.25) is 4.79 Å². The van der Waals surface area contributed by atoms with Gasteiger partial charge in [-0.1, -0.05) is 53.5 Å². The predicted octanol–water partition coefficient (Wildman–Crippen LogP) is 7.20. The van der Waals surface area contributed by atoms with Crippen molar-refractivity contribution in [3.8, 4) is 0 Å². The highest BCUT2D eigenvalue weighted by Crippen LogP contribution is 2.67. The number of carbonyl (C=O) groups is 1. The van der Waals surface area contributed by atoms with Crippen LogP contribution in [0.25, 0.3) is 0 Å². The molecule has 0 saturated heterocycles. The van der Waals surface area contributed by atoms with Crippen LogP contribution in [0.15, 0.2) is 11.6 Å². The molecule has 176 valence electrons. The zero-order chi connectivity index (χ0) is 22.6. The Morgan fingerprint density at radius 2 is 1.77 bits per heavy atom. The van der Waals surface area contributed by atoms with Gasteiger partial charge in [0.25, 0.3) is 0 Å². The van der Waals surface area contributed by atoms with E-state index < -0.39 is 0 Å². The summed E-state index contributed by atoms with van der Waals surface area (Å²) in [5, 5.41) is 11.0. The van der Waals surface area contributed by atoms with Crippen molar-refractivity contribution >= 4 is 5.78 Å². The number of aliphatic hydroxyl groups excluding tert-OH is 1. The van der Waals surface area contributed by atoms with Crippen LogP contribution >= 0.6 is 0 Å². The molecule has 3 unspecified atom stereocenters. The van der Waals surface area contributed by atoms with Gasteiger partial charge in [-0.05, 0) is 110 Å². The molecule has 0 aromatic carbocycles. The molecule has 3 fully saturated rings. The summed E-state index contributed by atoms with van der Waals surface area (Å²) in [5.41, 5.74) is 2.21. The zero-order valence-corrected chi connectivity index (χ0v) is 21.1. The lowest BCUT2D eigenvalue weighted by Gasteiger charge is -2.58. The first-order valence-electron chi connectivity index (χ1n) is 13.5. The van der Waals surface area contributed by atoms with Gasteiger partial charge in [-0.15, -0.1) is 0 Å². The number of aliphatic hydroxyl groups is 1. The van der Waals surface area contributed by atoms with Gasteiger partial charge in [-0.2, -0.15) is 0 Å². The maximum absolute atomic E-state index is 12.1. The Morgan fingerprint density at radius 3 is 2.45 bits per heavy atom. The minimum atomic E-state index is -0.153.